The van der Waals surface area contributed by atoms with Crippen molar-refractivity contribution in [3.05, 3.63) is 71.4 Å². The Balaban J connectivity index is 0. The molecule has 8 heteroatoms. The van der Waals surface area contributed by atoms with Crippen LogP contribution >= 0.6 is 17.0 Å². The third-order valence-electron chi connectivity index (χ3n) is 6.56. The molecule has 0 spiro atoms. The van der Waals surface area contributed by atoms with Gasteiger partial charge < -0.3 is 14.2 Å². The molecule has 0 fully saturated rings. The van der Waals surface area contributed by atoms with Crippen LogP contribution in [0, 0.1) is 0 Å². The minimum absolute atomic E-state index is 0. The van der Waals surface area contributed by atoms with Crippen LogP contribution in [0.15, 0.2) is 71.4 Å². The summed E-state index contributed by atoms with van der Waals surface area (Å²) in [5, 5.41) is 0. The Morgan fingerprint density at radius 2 is 0.955 bits per heavy atom. The lowest BCUT2D eigenvalue weighted by Gasteiger charge is -2.31. The molecular weight excluding hydrogens is 622 g/mol. The summed E-state index contributed by atoms with van der Waals surface area (Å²) in [7, 11) is 0. The van der Waals surface area contributed by atoms with Crippen LogP contribution < -0.4 is 0 Å². The highest BCUT2D eigenvalue weighted by atomic mass is 79.9. The van der Waals surface area contributed by atoms with E-state index in [0.29, 0.717) is 31.8 Å². The average Bonchev–Trinajstić information content (AvgIpc) is 2.92. The lowest BCUT2D eigenvalue weighted by atomic mass is 10.1. The van der Waals surface area contributed by atoms with Gasteiger partial charge in [-0.1, -0.05) is 71.4 Å². The maximum atomic E-state index is 12.8. The highest BCUT2D eigenvalue weighted by Crippen LogP contribution is 2.15. The molecule has 0 aromatic carbocycles. The number of carbonyl (C=O) groups is 3. The van der Waals surface area contributed by atoms with Crippen LogP contribution in [-0.2, 0) is 28.6 Å². The second kappa shape index (κ2) is 27.0. The predicted octanol–water partition coefficient (Wildman–Crippen LogP) is 8.57. The van der Waals surface area contributed by atoms with Gasteiger partial charge in [-0.25, -0.2) is 4.90 Å². The van der Waals surface area contributed by atoms with E-state index in [2.05, 4.69) is 65.7 Å². The molecule has 2 unspecified atom stereocenters. The topological polar surface area (TPSA) is 82.1 Å². The number of halogens is 1. The minimum Gasteiger partial charge on any atom is -0.464 e. The SMILES string of the molecule is Br.C=C(CCC=C(C)C)CCOC(=O)CN(C(C=O)OCCC(=C)CCC=C(C)C)C(C=O)OCCC(=C)CCC=C(C)C. The zero-order valence-corrected chi connectivity index (χ0v) is 29.9. The quantitative estimate of drug-likeness (QED) is 0.0392. The summed E-state index contributed by atoms with van der Waals surface area (Å²) in [6.07, 6.45) is 12.0. The Labute approximate surface area is 277 Å². The van der Waals surface area contributed by atoms with Gasteiger partial charge in [0, 0.05) is 6.42 Å². The molecule has 0 saturated heterocycles. The Hall–Kier alpha value is -2.39. The van der Waals surface area contributed by atoms with Crippen molar-refractivity contribution < 1.29 is 28.6 Å². The lowest BCUT2D eigenvalue weighted by Crippen LogP contribution is -2.50. The van der Waals surface area contributed by atoms with Gasteiger partial charge >= 0.3 is 5.97 Å². The number of hydrogen-bond donors (Lipinski definition) is 0. The summed E-state index contributed by atoms with van der Waals surface area (Å²) in [5.41, 5.74) is 6.72. The van der Waals surface area contributed by atoms with E-state index in [-0.39, 0.29) is 43.3 Å². The second-order valence-corrected chi connectivity index (χ2v) is 11.6. The molecule has 250 valence electrons. The molecule has 0 heterocycles. The fraction of sp³-hybridized carbons (Fsp3) is 0.583. The minimum atomic E-state index is -1.17. The lowest BCUT2D eigenvalue weighted by molar-refractivity contribution is -0.173. The van der Waals surface area contributed by atoms with E-state index in [9.17, 15) is 14.4 Å². The van der Waals surface area contributed by atoms with Gasteiger partial charge in [-0.05, 0) is 92.9 Å². The molecule has 0 aliphatic heterocycles. The number of ether oxygens (including phenoxy) is 3. The maximum absolute atomic E-state index is 12.8. The van der Waals surface area contributed by atoms with Crippen molar-refractivity contribution in [1.82, 2.24) is 4.90 Å². The number of nitrogens with zero attached hydrogens (tertiary/aromatic N) is 1. The number of aldehydes is 2. The van der Waals surface area contributed by atoms with Crippen LogP contribution in [0.3, 0.4) is 0 Å². The van der Waals surface area contributed by atoms with E-state index in [0.717, 1.165) is 55.2 Å². The van der Waals surface area contributed by atoms with E-state index < -0.39 is 18.4 Å². The Kier molecular flexibility index (Phi) is 26.8. The van der Waals surface area contributed by atoms with Crippen LogP contribution in [0.1, 0.15) is 99.3 Å². The summed E-state index contributed by atoms with van der Waals surface area (Å²) in [4.78, 5) is 38.3. The van der Waals surface area contributed by atoms with Crippen LogP contribution in [-0.4, -0.2) is 62.3 Å². The molecule has 0 radical (unpaired) electrons. The summed E-state index contributed by atoms with van der Waals surface area (Å²) < 4.78 is 17.1. The molecule has 0 saturated carbocycles. The summed E-state index contributed by atoms with van der Waals surface area (Å²) >= 11 is 0. The molecule has 0 aliphatic carbocycles. The number of hydrogen-bond acceptors (Lipinski definition) is 7. The van der Waals surface area contributed by atoms with Crippen molar-refractivity contribution in [3.63, 3.8) is 0 Å². The van der Waals surface area contributed by atoms with Crippen LogP contribution in [0.2, 0.25) is 0 Å². The molecule has 0 aliphatic rings. The number of carbonyl (C=O) groups excluding carboxylic acids is 3. The monoisotopic (exact) mass is 679 g/mol. The molecule has 2 atom stereocenters. The largest absolute Gasteiger partial charge is 0.464 e. The Bertz CT molecular complexity index is 933. The third kappa shape index (κ3) is 24.0. The fourth-order valence-corrected chi connectivity index (χ4v) is 3.97. The zero-order chi connectivity index (χ0) is 32.6. The molecule has 0 aromatic heterocycles. The predicted molar refractivity (Wildman–Crippen MR) is 187 cm³/mol. The molecule has 7 nitrogen and oxygen atoms in total. The van der Waals surface area contributed by atoms with Crippen molar-refractivity contribution in [2.75, 3.05) is 26.4 Å². The molecular formula is C36H58BrNO6. The van der Waals surface area contributed by atoms with Gasteiger partial charge in [0.05, 0.1) is 19.8 Å². The number of rotatable bonds is 26. The third-order valence-corrected chi connectivity index (χ3v) is 6.56. The summed E-state index contributed by atoms with van der Waals surface area (Å²) in [6.45, 7) is 24.8. The van der Waals surface area contributed by atoms with Crippen molar-refractivity contribution >= 4 is 35.5 Å². The Morgan fingerprint density at radius 1 is 0.614 bits per heavy atom. The van der Waals surface area contributed by atoms with Gasteiger partial charge in [0.15, 0.2) is 25.0 Å². The van der Waals surface area contributed by atoms with Gasteiger partial charge in [0.2, 0.25) is 0 Å². The molecule has 0 bridgehead atoms. The average molecular weight is 681 g/mol. The first kappa shape index (κ1) is 43.7. The van der Waals surface area contributed by atoms with Crippen molar-refractivity contribution in [2.45, 2.75) is 112 Å². The van der Waals surface area contributed by atoms with E-state index in [1.54, 1.807) is 0 Å². The van der Waals surface area contributed by atoms with Gasteiger partial charge in [0.25, 0.3) is 0 Å². The normalized spacial score (nSPS) is 11.8. The highest BCUT2D eigenvalue weighted by Gasteiger charge is 2.30. The van der Waals surface area contributed by atoms with Gasteiger partial charge in [-0.2, -0.15) is 0 Å². The smallest absolute Gasteiger partial charge is 0.320 e. The van der Waals surface area contributed by atoms with Gasteiger partial charge in [0.1, 0.15) is 6.54 Å². The van der Waals surface area contributed by atoms with Crippen LogP contribution in [0.25, 0.3) is 0 Å². The standard InChI is InChI=1S/C36H57NO6.BrH/c1-28(2)13-10-16-31(7)19-22-41-34(26-38)37(25-36(40)43-24-21-33(9)18-12-15-30(5)6)35(27-39)42-23-20-32(8)17-11-14-29(3)4;/h13-15,26-27,34-35H,7-12,16-25H2,1-6H3;1H. The van der Waals surface area contributed by atoms with E-state index >= 15 is 0 Å². The second-order valence-electron chi connectivity index (χ2n) is 11.6. The van der Waals surface area contributed by atoms with Gasteiger partial charge in [-0.15, -0.1) is 17.0 Å². The van der Waals surface area contributed by atoms with E-state index in [1.165, 1.54) is 21.6 Å². The molecule has 0 rings (SSSR count). The zero-order valence-electron chi connectivity index (χ0n) is 28.2. The number of allylic oxidation sites excluding steroid dienone is 6. The van der Waals surface area contributed by atoms with E-state index in [4.69, 9.17) is 14.2 Å². The highest BCUT2D eigenvalue weighted by molar-refractivity contribution is 8.93. The maximum Gasteiger partial charge on any atom is 0.320 e. The van der Waals surface area contributed by atoms with Crippen molar-refractivity contribution in [2.24, 2.45) is 0 Å². The first-order chi connectivity index (χ1) is 20.4. The van der Waals surface area contributed by atoms with Gasteiger partial charge in [-0.3, -0.25) is 14.4 Å². The fourth-order valence-electron chi connectivity index (χ4n) is 3.97. The molecule has 0 aromatic rings. The summed E-state index contributed by atoms with van der Waals surface area (Å²) in [5.74, 6) is -0.583. The summed E-state index contributed by atoms with van der Waals surface area (Å²) in [6, 6.07) is 0. The number of esters is 1. The molecule has 0 amide bonds. The van der Waals surface area contributed by atoms with E-state index in [1.807, 2.05) is 13.8 Å². The molecule has 44 heavy (non-hydrogen) atoms. The van der Waals surface area contributed by atoms with Crippen molar-refractivity contribution in [1.29, 1.82) is 0 Å². The first-order valence-electron chi connectivity index (χ1n) is 15.3. The Morgan fingerprint density at radius 3 is 1.27 bits per heavy atom. The van der Waals surface area contributed by atoms with Crippen LogP contribution in [0.4, 0.5) is 0 Å². The molecule has 0 N–H and O–H groups in total. The van der Waals surface area contributed by atoms with Crippen molar-refractivity contribution in [3.8, 4) is 0 Å². The van der Waals surface area contributed by atoms with Crippen LogP contribution in [0.5, 0.6) is 0 Å². The first-order valence-corrected chi connectivity index (χ1v) is 15.3.